The minimum absolute atomic E-state index is 0.352. The summed E-state index contributed by atoms with van der Waals surface area (Å²) in [6, 6.07) is 7.29. The van der Waals surface area contributed by atoms with Gasteiger partial charge in [0.15, 0.2) is 5.69 Å². The first-order chi connectivity index (χ1) is 12.2. The number of aryl methyl sites for hydroxylation is 3. The summed E-state index contributed by atoms with van der Waals surface area (Å²) in [4.78, 5) is 12.3. The van der Waals surface area contributed by atoms with E-state index in [1.165, 1.54) is 11.6 Å². The molecule has 6 nitrogen and oxygen atoms in total. The number of hydrogen-bond acceptors (Lipinski definition) is 4. The van der Waals surface area contributed by atoms with Gasteiger partial charge in [0.1, 0.15) is 11.3 Å². The Labute approximate surface area is 146 Å². The van der Waals surface area contributed by atoms with Crippen LogP contribution in [-0.2, 0) is 6.18 Å². The van der Waals surface area contributed by atoms with Crippen LogP contribution in [0.5, 0.6) is 0 Å². The summed E-state index contributed by atoms with van der Waals surface area (Å²) >= 11 is 0. The van der Waals surface area contributed by atoms with Gasteiger partial charge in [-0.3, -0.25) is 4.79 Å². The number of hydrogen-bond donors (Lipinski definition) is 1. The van der Waals surface area contributed by atoms with Crippen molar-refractivity contribution >= 4 is 11.6 Å². The quantitative estimate of drug-likeness (QED) is 0.761. The van der Waals surface area contributed by atoms with E-state index in [-0.39, 0.29) is 5.91 Å². The number of nitrogens with one attached hydrogen (secondary N) is 1. The monoisotopic (exact) mass is 364 g/mol. The van der Waals surface area contributed by atoms with Crippen LogP contribution in [0.25, 0.3) is 5.69 Å². The van der Waals surface area contributed by atoms with Crippen molar-refractivity contribution in [1.82, 2.24) is 14.9 Å². The first-order valence-corrected chi connectivity index (χ1v) is 7.65. The minimum Gasteiger partial charge on any atom is -0.361 e. The van der Waals surface area contributed by atoms with Gasteiger partial charge in [-0.15, -0.1) is 0 Å². The normalized spacial score (nSPS) is 11.6. The van der Waals surface area contributed by atoms with Crippen LogP contribution in [0.2, 0.25) is 0 Å². The molecule has 0 fully saturated rings. The summed E-state index contributed by atoms with van der Waals surface area (Å²) in [5.74, 6) is 0.0343. The van der Waals surface area contributed by atoms with Gasteiger partial charge >= 0.3 is 6.18 Å². The zero-order chi connectivity index (χ0) is 19.1. The summed E-state index contributed by atoms with van der Waals surface area (Å²) in [6.07, 6.45) is -4.50. The SMILES string of the molecule is Cc1noc(C)c1C(=O)Nc1ccc(-n2nc(C(F)(F)F)cc2C)cc1. The molecule has 1 N–H and O–H groups in total. The van der Waals surface area contributed by atoms with Gasteiger partial charge in [0.05, 0.1) is 11.4 Å². The Kier molecular flexibility index (Phi) is 4.31. The van der Waals surface area contributed by atoms with E-state index in [9.17, 15) is 18.0 Å². The lowest BCUT2D eigenvalue weighted by atomic mass is 10.2. The molecule has 0 radical (unpaired) electrons. The van der Waals surface area contributed by atoms with Crippen molar-refractivity contribution in [3.8, 4) is 5.69 Å². The fourth-order valence-electron chi connectivity index (χ4n) is 2.56. The van der Waals surface area contributed by atoms with Crippen molar-refractivity contribution in [3.63, 3.8) is 0 Å². The second-order valence-corrected chi connectivity index (χ2v) is 5.78. The van der Waals surface area contributed by atoms with Crippen LogP contribution in [0, 0.1) is 20.8 Å². The summed E-state index contributed by atoms with van der Waals surface area (Å²) in [5, 5.41) is 10.0. The maximum Gasteiger partial charge on any atom is 0.435 e. The van der Waals surface area contributed by atoms with Crippen LogP contribution in [0.15, 0.2) is 34.9 Å². The summed E-state index contributed by atoms with van der Waals surface area (Å²) in [5.41, 5.74) is 1.17. The van der Waals surface area contributed by atoms with E-state index in [0.29, 0.717) is 34.1 Å². The number of halogens is 3. The maximum atomic E-state index is 12.8. The third-order valence-electron chi connectivity index (χ3n) is 3.81. The van der Waals surface area contributed by atoms with Crippen molar-refractivity contribution in [2.24, 2.45) is 0 Å². The molecule has 3 rings (SSSR count). The molecule has 0 saturated carbocycles. The standard InChI is InChI=1S/C17H15F3N4O2/c1-9-8-14(17(18,19)20)22-24(9)13-6-4-12(5-7-13)21-16(25)15-10(2)23-26-11(15)3/h4-8H,1-3H3,(H,21,25). The van der Waals surface area contributed by atoms with E-state index in [1.807, 2.05) is 0 Å². The molecular formula is C17H15F3N4O2. The average molecular weight is 364 g/mol. The third-order valence-corrected chi connectivity index (χ3v) is 3.81. The van der Waals surface area contributed by atoms with Crippen LogP contribution in [0.4, 0.5) is 18.9 Å². The lowest BCUT2D eigenvalue weighted by molar-refractivity contribution is -0.141. The van der Waals surface area contributed by atoms with E-state index >= 15 is 0 Å². The Morgan fingerprint density at radius 1 is 1.15 bits per heavy atom. The van der Waals surface area contributed by atoms with Gasteiger partial charge in [-0.1, -0.05) is 5.16 Å². The Morgan fingerprint density at radius 2 is 1.81 bits per heavy atom. The largest absolute Gasteiger partial charge is 0.435 e. The molecule has 0 bridgehead atoms. The molecule has 0 unspecified atom stereocenters. The summed E-state index contributed by atoms with van der Waals surface area (Å²) in [7, 11) is 0. The highest BCUT2D eigenvalue weighted by atomic mass is 19.4. The van der Waals surface area contributed by atoms with Crippen LogP contribution in [0.3, 0.4) is 0 Å². The Morgan fingerprint density at radius 3 is 2.31 bits per heavy atom. The molecule has 0 aliphatic rings. The fourth-order valence-corrected chi connectivity index (χ4v) is 2.56. The second kappa shape index (κ2) is 6.32. The molecule has 26 heavy (non-hydrogen) atoms. The van der Waals surface area contributed by atoms with Crippen molar-refractivity contribution in [2.75, 3.05) is 5.32 Å². The van der Waals surface area contributed by atoms with Crippen molar-refractivity contribution < 1.29 is 22.5 Å². The molecule has 1 amide bonds. The second-order valence-electron chi connectivity index (χ2n) is 5.78. The van der Waals surface area contributed by atoms with E-state index in [4.69, 9.17) is 4.52 Å². The first kappa shape index (κ1) is 17.7. The molecule has 136 valence electrons. The molecule has 1 aromatic carbocycles. The molecule has 0 aliphatic heterocycles. The van der Waals surface area contributed by atoms with Crippen LogP contribution in [0.1, 0.15) is 33.2 Å². The number of amides is 1. The van der Waals surface area contributed by atoms with E-state index in [0.717, 1.165) is 6.07 Å². The molecule has 0 atom stereocenters. The zero-order valence-corrected chi connectivity index (χ0v) is 14.2. The zero-order valence-electron chi connectivity index (χ0n) is 14.2. The molecule has 0 spiro atoms. The van der Waals surface area contributed by atoms with E-state index < -0.39 is 11.9 Å². The van der Waals surface area contributed by atoms with Crippen molar-refractivity contribution in [2.45, 2.75) is 26.9 Å². The molecule has 0 aliphatic carbocycles. The van der Waals surface area contributed by atoms with Gasteiger partial charge in [0, 0.05) is 11.4 Å². The van der Waals surface area contributed by atoms with Crippen molar-refractivity contribution in [3.05, 3.63) is 58.7 Å². The maximum absolute atomic E-state index is 12.8. The molecular weight excluding hydrogens is 349 g/mol. The lowest BCUT2D eigenvalue weighted by Crippen LogP contribution is -2.13. The smallest absolute Gasteiger partial charge is 0.361 e. The van der Waals surface area contributed by atoms with Gasteiger partial charge < -0.3 is 9.84 Å². The Hall–Kier alpha value is -3.10. The Balaban J connectivity index is 1.81. The highest BCUT2D eigenvalue weighted by molar-refractivity contribution is 6.05. The van der Waals surface area contributed by atoms with Crippen LogP contribution >= 0.6 is 0 Å². The van der Waals surface area contributed by atoms with Gasteiger partial charge in [-0.25, -0.2) is 4.68 Å². The molecule has 3 aromatic rings. The number of nitrogens with zero attached hydrogens (tertiary/aromatic N) is 3. The van der Waals surface area contributed by atoms with Gasteiger partial charge in [0.2, 0.25) is 0 Å². The van der Waals surface area contributed by atoms with E-state index in [2.05, 4.69) is 15.6 Å². The lowest BCUT2D eigenvalue weighted by Gasteiger charge is -2.08. The average Bonchev–Trinajstić information content (AvgIpc) is 3.11. The third kappa shape index (κ3) is 3.32. The molecule has 0 saturated heterocycles. The number of carbonyl (C=O) groups is 1. The topological polar surface area (TPSA) is 73.0 Å². The Bertz CT molecular complexity index is 936. The van der Waals surface area contributed by atoms with Crippen LogP contribution < -0.4 is 5.32 Å². The predicted octanol–water partition coefficient (Wildman–Crippen LogP) is 4.06. The minimum atomic E-state index is -4.50. The van der Waals surface area contributed by atoms with Gasteiger partial charge in [-0.05, 0) is 51.1 Å². The number of carbonyl (C=O) groups excluding carboxylic acids is 1. The fraction of sp³-hybridized carbons (Fsp3) is 0.235. The number of rotatable bonds is 3. The number of alkyl halides is 3. The van der Waals surface area contributed by atoms with Crippen molar-refractivity contribution in [1.29, 1.82) is 0 Å². The number of benzene rings is 1. The first-order valence-electron chi connectivity index (χ1n) is 7.65. The predicted molar refractivity (Wildman–Crippen MR) is 87.2 cm³/mol. The molecule has 2 heterocycles. The van der Waals surface area contributed by atoms with Gasteiger partial charge in [0.25, 0.3) is 5.91 Å². The van der Waals surface area contributed by atoms with E-state index in [1.54, 1.807) is 38.1 Å². The van der Waals surface area contributed by atoms with Gasteiger partial charge in [-0.2, -0.15) is 18.3 Å². The molecule has 9 heteroatoms. The molecule has 2 aromatic heterocycles. The highest BCUT2D eigenvalue weighted by Gasteiger charge is 2.34. The summed E-state index contributed by atoms with van der Waals surface area (Å²) < 4.78 is 44.5. The highest BCUT2D eigenvalue weighted by Crippen LogP contribution is 2.29. The van der Waals surface area contributed by atoms with Crippen LogP contribution in [-0.4, -0.2) is 20.8 Å². The number of anilines is 1. The summed E-state index contributed by atoms with van der Waals surface area (Å²) in [6.45, 7) is 4.83. The number of aromatic nitrogens is 3.